The lowest BCUT2D eigenvalue weighted by Crippen LogP contribution is -2.32. The summed E-state index contributed by atoms with van der Waals surface area (Å²) in [4.78, 5) is 19.9. The van der Waals surface area contributed by atoms with Crippen molar-refractivity contribution >= 4 is 43.7 Å². The second kappa shape index (κ2) is 6.87. The van der Waals surface area contributed by atoms with Gasteiger partial charge >= 0.3 is 0 Å². The van der Waals surface area contributed by atoms with Gasteiger partial charge in [0.2, 0.25) is 5.91 Å². The third-order valence-corrected chi connectivity index (χ3v) is 7.92. The predicted octanol–water partition coefficient (Wildman–Crippen LogP) is 2.61. The van der Waals surface area contributed by atoms with Crippen molar-refractivity contribution < 1.29 is 13.2 Å². The van der Waals surface area contributed by atoms with Gasteiger partial charge in [0.15, 0.2) is 9.34 Å². The molecule has 0 aromatic carbocycles. The van der Waals surface area contributed by atoms with E-state index in [0.717, 1.165) is 29.2 Å². The number of nitrogens with zero attached hydrogens (tertiary/aromatic N) is 3. The van der Waals surface area contributed by atoms with Crippen LogP contribution in [0.3, 0.4) is 0 Å². The molecular weight excluding hydrogens is 368 g/mol. The van der Waals surface area contributed by atoms with Gasteiger partial charge in [0.05, 0.1) is 12.2 Å². The quantitative estimate of drug-likeness (QED) is 0.790. The van der Waals surface area contributed by atoms with Gasteiger partial charge < -0.3 is 5.32 Å². The van der Waals surface area contributed by atoms with Crippen molar-refractivity contribution in [2.24, 2.45) is 0 Å². The first kappa shape index (κ1) is 17.5. The van der Waals surface area contributed by atoms with Crippen LogP contribution in [0, 0.1) is 6.92 Å². The number of amides is 1. The number of carbonyl (C=O) groups excluding carboxylic acids is 1. The number of rotatable bonds is 7. The Hall–Kier alpha value is -1.36. The highest BCUT2D eigenvalue weighted by Crippen LogP contribution is 2.37. The predicted molar refractivity (Wildman–Crippen MR) is 93.6 cm³/mol. The SMILES string of the molecule is CCC(=O)Nc1nc(C)c(S(=O)(=O)N(Cc2nccs2)C2CC2)s1. The molecule has 1 aliphatic carbocycles. The summed E-state index contributed by atoms with van der Waals surface area (Å²) in [5, 5.41) is 5.56. The van der Waals surface area contributed by atoms with E-state index in [1.54, 1.807) is 20.0 Å². The highest BCUT2D eigenvalue weighted by atomic mass is 32.2. The first-order valence-corrected chi connectivity index (χ1v) is 10.7. The van der Waals surface area contributed by atoms with Crippen LogP contribution in [0.4, 0.5) is 5.13 Å². The molecule has 2 heterocycles. The minimum atomic E-state index is -3.66. The lowest BCUT2D eigenvalue weighted by atomic mass is 10.5. The molecule has 0 bridgehead atoms. The number of thiazole rings is 2. The maximum absolute atomic E-state index is 13.1. The Morgan fingerprint density at radius 3 is 2.79 bits per heavy atom. The Morgan fingerprint density at radius 1 is 1.46 bits per heavy atom. The van der Waals surface area contributed by atoms with E-state index in [9.17, 15) is 13.2 Å². The molecule has 0 radical (unpaired) electrons. The number of aromatic nitrogens is 2. The van der Waals surface area contributed by atoms with Gasteiger partial charge in [-0.3, -0.25) is 4.79 Å². The molecule has 24 heavy (non-hydrogen) atoms. The lowest BCUT2D eigenvalue weighted by molar-refractivity contribution is -0.115. The summed E-state index contributed by atoms with van der Waals surface area (Å²) in [5.41, 5.74) is 0.413. The normalized spacial score (nSPS) is 15.0. The van der Waals surface area contributed by atoms with Crippen LogP contribution < -0.4 is 5.32 Å². The second-order valence-corrected chi connectivity index (χ2v) is 9.56. The number of aryl methyl sites for hydroxylation is 1. The Morgan fingerprint density at radius 2 is 2.21 bits per heavy atom. The van der Waals surface area contributed by atoms with Crippen LogP contribution in [-0.4, -0.2) is 34.6 Å². The molecule has 0 saturated heterocycles. The number of hydrogen-bond acceptors (Lipinski definition) is 7. The van der Waals surface area contributed by atoms with Gasteiger partial charge in [0.25, 0.3) is 10.0 Å². The molecule has 1 N–H and O–H groups in total. The molecule has 0 aliphatic heterocycles. The summed E-state index contributed by atoms with van der Waals surface area (Å²) in [5.74, 6) is -0.186. The van der Waals surface area contributed by atoms with Crippen LogP contribution in [0.5, 0.6) is 0 Å². The number of hydrogen-bond donors (Lipinski definition) is 1. The largest absolute Gasteiger partial charge is 0.302 e. The van der Waals surface area contributed by atoms with Crippen molar-refractivity contribution in [2.45, 2.75) is 49.9 Å². The summed E-state index contributed by atoms with van der Waals surface area (Å²) < 4.78 is 27.9. The monoisotopic (exact) mass is 386 g/mol. The highest BCUT2D eigenvalue weighted by molar-refractivity contribution is 7.91. The zero-order valence-electron chi connectivity index (χ0n) is 13.4. The molecule has 1 saturated carbocycles. The van der Waals surface area contributed by atoms with Crippen LogP contribution >= 0.6 is 22.7 Å². The number of anilines is 1. The molecule has 3 rings (SSSR count). The van der Waals surface area contributed by atoms with Crippen LogP contribution in [0.2, 0.25) is 0 Å². The Bertz CT molecular complexity index is 826. The smallest absolute Gasteiger partial charge is 0.255 e. The second-order valence-electron chi connectivity index (χ2n) is 5.50. The average Bonchev–Trinajstić information content (AvgIpc) is 3.10. The lowest BCUT2D eigenvalue weighted by Gasteiger charge is -2.19. The Labute approximate surface area is 148 Å². The maximum Gasteiger partial charge on any atom is 0.255 e. The first-order chi connectivity index (χ1) is 11.4. The zero-order chi connectivity index (χ0) is 17.3. The van der Waals surface area contributed by atoms with Gasteiger partial charge in [-0.15, -0.1) is 11.3 Å². The Kier molecular flexibility index (Phi) is 5.00. The maximum atomic E-state index is 13.1. The number of sulfonamides is 1. The van der Waals surface area contributed by atoms with E-state index in [0.29, 0.717) is 17.2 Å². The van der Waals surface area contributed by atoms with Crippen molar-refractivity contribution in [3.63, 3.8) is 0 Å². The van der Waals surface area contributed by atoms with Crippen LogP contribution in [0.15, 0.2) is 15.8 Å². The van der Waals surface area contributed by atoms with E-state index in [1.807, 2.05) is 5.38 Å². The van der Waals surface area contributed by atoms with E-state index >= 15 is 0 Å². The summed E-state index contributed by atoms with van der Waals surface area (Å²) in [7, 11) is -3.66. The fraction of sp³-hybridized carbons (Fsp3) is 0.500. The molecule has 130 valence electrons. The molecule has 2 aromatic rings. The van der Waals surface area contributed by atoms with Gasteiger partial charge in [0, 0.05) is 24.0 Å². The van der Waals surface area contributed by atoms with E-state index in [1.165, 1.54) is 15.6 Å². The van der Waals surface area contributed by atoms with Gasteiger partial charge in [-0.25, -0.2) is 18.4 Å². The summed E-state index contributed by atoms with van der Waals surface area (Å²) in [6.07, 6.45) is 3.72. The van der Waals surface area contributed by atoms with Crippen LogP contribution in [0.1, 0.15) is 36.9 Å². The van der Waals surface area contributed by atoms with E-state index < -0.39 is 10.0 Å². The molecule has 0 atom stereocenters. The first-order valence-electron chi connectivity index (χ1n) is 7.59. The minimum absolute atomic E-state index is 0.0223. The van der Waals surface area contributed by atoms with E-state index in [-0.39, 0.29) is 22.7 Å². The fourth-order valence-electron chi connectivity index (χ4n) is 2.23. The molecular formula is C14H18N4O3S3. The van der Waals surface area contributed by atoms with E-state index in [4.69, 9.17) is 0 Å². The third kappa shape index (κ3) is 3.66. The van der Waals surface area contributed by atoms with E-state index in [2.05, 4.69) is 15.3 Å². The summed E-state index contributed by atoms with van der Waals surface area (Å²) in [6.45, 7) is 3.66. The molecule has 0 unspecified atom stereocenters. The Balaban J connectivity index is 1.89. The molecule has 1 fully saturated rings. The molecule has 10 heteroatoms. The van der Waals surface area contributed by atoms with Crippen LogP contribution in [0.25, 0.3) is 0 Å². The van der Waals surface area contributed by atoms with Crippen molar-refractivity contribution in [1.29, 1.82) is 0 Å². The van der Waals surface area contributed by atoms with Gasteiger partial charge in [-0.1, -0.05) is 18.3 Å². The number of nitrogens with one attached hydrogen (secondary N) is 1. The molecule has 1 amide bonds. The van der Waals surface area contributed by atoms with Crippen molar-refractivity contribution in [3.05, 3.63) is 22.3 Å². The van der Waals surface area contributed by atoms with Crippen molar-refractivity contribution in [2.75, 3.05) is 5.32 Å². The molecule has 2 aromatic heterocycles. The standard InChI is InChI=1S/C14H18N4O3S3/c1-3-11(19)17-14-16-9(2)13(23-14)24(20,21)18(10-4-5-10)8-12-15-6-7-22-12/h6-7,10H,3-5,8H2,1-2H3,(H,16,17,19). The molecule has 7 nitrogen and oxygen atoms in total. The summed E-state index contributed by atoms with van der Waals surface area (Å²) in [6, 6.07) is 0.0223. The van der Waals surface area contributed by atoms with Gasteiger partial charge in [0.1, 0.15) is 5.01 Å². The molecule has 1 aliphatic rings. The number of carbonyl (C=O) groups is 1. The van der Waals surface area contributed by atoms with Crippen molar-refractivity contribution in [1.82, 2.24) is 14.3 Å². The van der Waals surface area contributed by atoms with Crippen molar-refractivity contribution in [3.8, 4) is 0 Å². The minimum Gasteiger partial charge on any atom is -0.302 e. The van der Waals surface area contributed by atoms with Crippen LogP contribution in [-0.2, 0) is 21.4 Å². The van der Waals surface area contributed by atoms with Gasteiger partial charge in [-0.05, 0) is 19.8 Å². The highest BCUT2D eigenvalue weighted by Gasteiger charge is 2.40. The van der Waals surface area contributed by atoms with Gasteiger partial charge in [-0.2, -0.15) is 4.31 Å². The summed E-state index contributed by atoms with van der Waals surface area (Å²) >= 11 is 2.45. The average molecular weight is 387 g/mol. The third-order valence-electron chi connectivity index (χ3n) is 3.59. The zero-order valence-corrected chi connectivity index (χ0v) is 15.8. The fourth-order valence-corrected chi connectivity index (χ4v) is 6.11. The molecule has 0 spiro atoms. The topological polar surface area (TPSA) is 92.3 Å².